The number of aromatic nitrogens is 1. The number of pyridine rings is 1. The minimum Gasteiger partial charge on any atom is -0.480 e. The first-order valence-electron chi connectivity index (χ1n) is 5.67. The van der Waals surface area contributed by atoms with E-state index in [0.717, 1.165) is 6.07 Å². The van der Waals surface area contributed by atoms with Crippen molar-refractivity contribution in [1.82, 2.24) is 9.88 Å². The van der Waals surface area contributed by atoms with Crippen LogP contribution in [0.5, 0.6) is 0 Å². The van der Waals surface area contributed by atoms with E-state index in [4.69, 9.17) is 9.84 Å². The molecule has 0 aliphatic carbocycles. The lowest BCUT2D eigenvalue weighted by Gasteiger charge is -2.47. The molecule has 1 aliphatic heterocycles. The quantitative estimate of drug-likeness (QED) is 0.806. The summed E-state index contributed by atoms with van der Waals surface area (Å²) in [4.78, 5) is 27.3. The van der Waals surface area contributed by atoms with Gasteiger partial charge in [-0.15, -0.1) is 0 Å². The van der Waals surface area contributed by atoms with Crippen molar-refractivity contribution in [2.24, 2.45) is 0 Å². The third-order valence-corrected chi connectivity index (χ3v) is 2.82. The maximum atomic E-state index is 12.9. The summed E-state index contributed by atoms with van der Waals surface area (Å²) < 4.78 is 18.1. The molecule has 1 aromatic rings. The summed E-state index contributed by atoms with van der Waals surface area (Å²) in [6.07, 6.45) is 0. The zero-order chi connectivity index (χ0) is 14.0. The zero-order valence-corrected chi connectivity index (χ0v) is 10.3. The first kappa shape index (κ1) is 13.4. The maximum Gasteiger partial charge on any atom is 0.329 e. The number of carbonyl (C=O) groups is 2. The Morgan fingerprint density at radius 3 is 2.79 bits per heavy atom. The minimum atomic E-state index is -1.06. The summed E-state index contributed by atoms with van der Waals surface area (Å²) in [6.45, 7) is 1.84. The number of hydrogen-bond acceptors (Lipinski definition) is 4. The Hall–Kier alpha value is -2.02. The fourth-order valence-electron chi connectivity index (χ4n) is 1.92. The lowest BCUT2D eigenvalue weighted by atomic mass is 9.96. The molecule has 2 heterocycles. The van der Waals surface area contributed by atoms with Crippen LogP contribution in [0.2, 0.25) is 0 Å². The van der Waals surface area contributed by atoms with Gasteiger partial charge in [0.05, 0.1) is 13.1 Å². The van der Waals surface area contributed by atoms with Crippen LogP contribution in [0.3, 0.4) is 0 Å². The molecule has 0 bridgehead atoms. The van der Waals surface area contributed by atoms with Crippen LogP contribution in [-0.2, 0) is 9.53 Å². The van der Waals surface area contributed by atoms with Crippen LogP contribution in [0.15, 0.2) is 18.2 Å². The molecule has 2 rings (SSSR count). The summed E-state index contributed by atoms with van der Waals surface area (Å²) in [5.41, 5.74) is -0.637. The highest BCUT2D eigenvalue weighted by atomic mass is 19.1. The standard InChI is InChI=1S/C12H13FN2O4/c1-12(19-5-10(16)17)6-15(7-12)11(18)8-3-2-4-9(13)14-8/h2-4H,5-7H2,1H3,(H,16,17). The molecule has 102 valence electrons. The Balaban J connectivity index is 1.93. The number of hydrogen-bond donors (Lipinski definition) is 1. The first-order valence-corrected chi connectivity index (χ1v) is 5.67. The van der Waals surface area contributed by atoms with Gasteiger partial charge in [-0.3, -0.25) is 4.79 Å². The molecule has 6 nitrogen and oxygen atoms in total. The number of carboxylic acid groups (broad SMARTS) is 1. The summed E-state index contributed by atoms with van der Waals surface area (Å²) in [5, 5.41) is 8.52. The van der Waals surface area contributed by atoms with E-state index >= 15 is 0 Å². The lowest BCUT2D eigenvalue weighted by molar-refractivity contribution is -0.160. The summed E-state index contributed by atoms with van der Waals surface area (Å²) in [5.74, 6) is -2.16. The van der Waals surface area contributed by atoms with Gasteiger partial charge in [-0.05, 0) is 19.1 Å². The molecule has 1 amide bonds. The SMILES string of the molecule is CC1(OCC(=O)O)CN(C(=O)c2cccc(F)n2)C1. The summed E-state index contributed by atoms with van der Waals surface area (Å²) in [6, 6.07) is 4.00. The number of ether oxygens (including phenoxy) is 1. The van der Waals surface area contributed by atoms with Crippen molar-refractivity contribution in [3.8, 4) is 0 Å². The van der Waals surface area contributed by atoms with E-state index < -0.39 is 30.0 Å². The molecular formula is C12H13FN2O4. The zero-order valence-electron chi connectivity index (χ0n) is 10.3. The molecule has 7 heteroatoms. The lowest BCUT2D eigenvalue weighted by Crippen LogP contribution is -2.63. The Morgan fingerprint density at radius 2 is 2.21 bits per heavy atom. The van der Waals surface area contributed by atoms with Crippen molar-refractivity contribution in [2.75, 3.05) is 19.7 Å². The molecular weight excluding hydrogens is 255 g/mol. The predicted octanol–water partition coefficient (Wildman–Crippen LogP) is 0.536. The number of rotatable bonds is 4. The van der Waals surface area contributed by atoms with Crippen molar-refractivity contribution in [3.05, 3.63) is 29.8 Å². The van der Waals surface area contributed by atoms with Crippen LogP contribution in [0, 0.1) is 5.95 Å². The van der Waals surface area contributed by atoms with Gasteiger partial charge in [0.2, 0.25) is 5.95 Å². The van der Waals surface area contributed by atoms with Crippen LogP contribution in [-0.4, -0.2) is 52.2 Å². The number of carboxylic acids is 1. The predicted molar refractivity (Wildman–Crippen MR) is 62.1 cm³/mol. The first-order chi connectivity index (χ1) is 8.89. The average molecular weight is 268 g/mol. The van der Waals surface area contributed by atoms with Gasteiger partial charge in [-0.1, -0.05) is 6.07 Å². The highest BCUT2D eigenvalue weighted by Crippen LogP contribution is 2.25. The molecule has 0 radical (unpaired) electrons. The molecule has 1 fully saturated rings. The van der Waals surface area contributed by atoms with Gasteiger partial charge in [0.1, 0.15) is 17.9 Å². The molecule has 19 heavy (non-hydrogen) atoms. The second kappa shape index (κ2) is 4.93. The van der Waals surface area contributed by atoms with Crippen molar-refractivity contribution in [1.29, 1.82) is 0 Å². The summed E-state index contributed by atoms with van der Waals surface area (Å²) >= 11 is 0. The summed E-state index contributed by atoms with van der Waals surface area (Å²) in [7, 11) is 0. The van der Waals surface area contributed by atoms with Gasteiger partial charge in [0.25, 0.3) is 5.91 Å². The van der Waals surface area contributed by atoms with E-state index in [-0.39, 0.29) is 18.8 Å². The minimum absolute atomic E-state index is 0.0280. The van der Waals surface area contributed by atoms with E-state index in [1.165, 1.54) is 17.0 Å². The van der Waals surface area contributed by atoms with E-state index in [1.54, 1.807) is 6.92 Å². The van der Waals surface area contributed by atoms with Crippen LogP contribution in [0.4, 0.5) is 4.39 Å². The molecule has 0 spiro atoms. The molecule has 0 atom stereocenters. The van der Waals surface area contributed by atoms with E-state index in [9.17, 15) is 14.0 Å². The van der Waals surface area contributed by atoms with Gasteiger partial charge >= 0.3 is 5.97 Å². The van der Waals surface area contributed by atoms with Crippen molar-refractivity contribution in [3.63, 3.8) is 0 Å². The third kappa shape index (κ3) is 3.05. The number of aliphatic carboxylic acids is 1. The van der Waals surface area contributed by atoms with Gasteiger partial charge in [-0.2, -0.15) is 4.39 Å². The number of halogens is 1. The van der Waals surface area contributed by atoms with Crippen molar-refractivity contribution >= 4 is 11.9 Å². The van der Waals surface area contributed by atoms with Gasteiger partial charge in [0, 0.05) is 0 Å². The van der Waals surface area contributed by atoms with Crippen LogP contribution >= 0.6 is 0 Å². The number of likely N-dealkylation sites (tertiary alicyclic amines) is 1. The molecule has 0 saturated carbocycles. The molecule has 1 aliphatic rings. The Bertz CT molecular complexity index is 514. The molecule has 1 saturated heterocycles. The molecule has 0 unspecified atom stereocenters. The highest BCUT2D eigenvalue weighted by Gasteiger charge is 2.43. The van der Waals surface area contributed by atoms with Gasteiger partial charge in [-0.25, -0.2) is 9.78 Å². The Labute approximate surface area is 108 Å². The molecule has 1 aromatic heterocycles. The Morgan fingerprint density at radius 1 is 1.53 bits per heavy atom. The third-order valence-electron chi connectivity index (χ3n) is 2.82. The topological polar surface area (TPSA) is 79.7 Å². The van der Waals surface area contributed by atoms with Gasteiger partial charge in [0.15, 0.2) is 0 Å². The fraction of sp³-hybridized carbons (Fsp3) is 0.417. The van der Waals surface area contributed by atoms with Crippen LogP contribution < -0.4 is 0 Å². The van der Waals surface area contributed by atoms with Crippen molar-refractivity contribution in [2.45, 2.75) is 12.5 Å². The largest absolute Gasteiger partial charge is 0.480 e. The monoisotopic (exact) mass is 268 g/mol. The number of carbonyl (C=O) groups excluding carboxylic acids is 1. The maximum absolute atomic E-state index is 12.9. The second-order valence-electron chi connectivity index (χ2n) is 4.64. The fourth-order valence-corrected chi connectivity index (χ4v) is 1.92. The number of amides is 1. The van der Waals surface area contributed by atoms with Gasteiger partial charge < -0.3 is 14.7 Å². The smallest absolute Gasteiger partial charge is 0.329 e. The van der Waals surface area contributed by atoms with E-state index in [1.807, 2.05) is 0 Å². The average Bonchev–Trinajstić information content (AvgIpc) is 2.32. The van der Waals surface area contributed by atoms with Crippen LogP contribution in [0.25, 0.3) is 0 Å². The Kier molecular flexibility index (Phi) is 3.48. The molecule has 1 N–H and O–H groups in total. The molecule has 0 aromatic carbocycles. The van der Waals surface area contributed by atoms with E-state index in [0.29, 0.717) is 0 Å². The number of nitrogens with zero attached hydrogens (tertiary/aromatic N) is 2. The second-order valence-corrected chi connectivity index (χ2v) is 4.64. The van der Waals surface area contributed by atoms with Crippen LogP contribution in [0.1, 0.15) is 17.4 Å². The highest BCUT2D eigenvalue weighted by molar-refractivity contribution is 5.93. The normalized spacial score (nSPS) is 16.8. The van der Waals surface area contributed by atoms with E-state index in [2.05, 4.69) is 4.98 Å². The van der Waals surface area contributed by atoms with Crippen molar-refractivity contribution < 1.29 is 23.8 Å².